The van der Waals surface area contributed by atoms with Crippen LogP contribution in [-0.2, 0) is 4.79 Å². The lowest BCUT2D eigenvalue weighted by molar-refractivity contribution is -0.117. The average molecular weight is 235 g/mol. The summed E-state index contributed by atoms with van der Waals surface area (Å²) < 4.78 is 4.92. The Labute approximate surface area is 98.5 Å². The normalized spacial score (nSPS) is 10.4. The fourth-order valence-electron chi connectivity index (χ4n) is 1.31. The summed E-state index contributed by atoms with van der Waals surface area (Å²) in [6.07, 6.45) is 3.82. The van der Waals surface area contributed by atoms with E-state index in [0.717, 1.165) is 0 Å². The molecular weight excluding hydrogens is 222 g/mol. The average Bonchev–Trinajstić information content (AvgIpc) is 2.30. The zero-order chi connectivity index (χ0) is 12.8. The van der Waals surface area contributed by atoms with Crippen molar-refractivity contribution in [3.05, 3.63) is 29.3 Å². The SMILES string of the molecule is COc1cc(C=CCC(N)=O)c(C=O)cc1O. The van der Waals surface area contributed by atoms with Gasteiger partial charge in [0, 0.05) is 12.0 Å². The molecule has 0 fully saturated rings. The van der Waals surface area contributed by atoms with E-state index in [1.807, 2.05) is 0 Å². The first-order valence-electron chi connectivity index (χ1n) is 4.89. The Morgan fingerprint density at radius 2 is 2.18 bits per heavy atom. The molecule has 1 rings (SSSR count). The van der Waals surface area contributed by atoms with Crippen molar-refractivity contribution in [3.8, 4) is 11.5 Å². The van der Waals surface area contributed by atoms with Crippen LogP contribution in [0.3, 0.4) is 0 Å². The molecule has 0 atom stereocenters. The smallest absolute Gasteiger partial charge is 0.221 e. The van der Waals surface area contributed by atoms with Gasteiger partial charge in [-0.3, -0.25) is 9.59 Å². The fraction of sp³-hybridized carbons (Fsp3) is 0.167. The van der Waals surface area contributed by atoms with E-state index in [2.05, 4.69) is 0 Å². The predicted molar refractivity (Wildman–Crippen MR) is 62.9 cm³/mol. The number of phenols is 1. The number of benzene rings is 1. The van der Waals surface area contributed by atoms with E-state index in [-0.39, 0.29) is 17.9 Å². The van der Waals surface area contributed by atoms with Gasteiger partial charge in [-0.05, 0) is 17.7 Å². The molecule has 0 spiro atoms. The van der Waals surface area contributed by atoms with Crippen LogP contribution in [-0.4, -0.2) is 24.4 Å². The summed E-state index contributed by atoms with van der Waals surface area (Å²) in [5, 5.41) is 9.48. The number of hydrogen-bond donors (Lipinski definition) is 2. The van der Waals surface area contributed by atoms with E-state index >= 15 is 0 Å². The number of amides is 1. The molecule has 0 saturated heterocycles. The molecule has 0 aromatic heterocycles. The Morgan fingerprint density at radius 3 is 2.71 bits per heavy atom. The molecule has 0 bridgehead atoms. The summed E-state index contributed by atoms with van der Waals surface area (Å²) in [5.74, 6) is -0.310. The molecule has 5 heteroatoms. The second kappa shape index (κ2) is 5.69. The van der Waals surface area contributed by atoms with Crippen LogP contribution in [0.2, 0.25) is 0 Å². The molecule has 0 radical (unpaired) electrons. The lowest BCUT2D eigenvalue weighted by atomic mass is 10.1. The molecular formula is C12H13NO4. The second-order valence-electron chi connectivity index (χ2n) is 3.34. The van der Waals surface area contributed by atoms with Crippen molar-refractivity contribution in [2.24, 2.45) is 5.73 Å². The molecule has 90 valence electrons. The highest BCUT2D eigenvalue weighted by Gasteiger charge is 2.07. The van der Waals surface area contributed by atoms with Crippen LogP contribution in [0.4, 0.5) is 0 Å². The maximum absolute atomic E-state index is 10.8. The third-order valence-electron chi connectivity index (χ3n) is 2.13. The van der Waals surface area contributed by atoms with Gasteiger partial charge < -0.3 is 15.6 Å². The third kappa shape index (κ3) is 3.34. The maximum Gasteiger partial charge on any atom is 0.221 e. The number of phenolic OH excluding ortho intramolecular Hbond substituents is 1. The molecule has 1 aromatic carbocycles. The van der Waals surface area contributed by atoms with Gasteiger partial charge in [-0.2, -0.15) is 0 Å². The van der Waals surface area contributed by atoms with E-state index in [1.54, 1.807) is 12.2 Å². The minimum Gasteiger partial charge on any atom is -0.504 e. The first-order valence-corrected chi connectivity index (χ1v) is 4.89. The number of primary amides is 1. The first kappa shape index (κ1) is 12.8. The topological polar surface area (TPSA) is 89.6 Å². The molecule has 0 aliphatic heterocycles. The van der Waals surface area contributed by atoms with Crippen molar-refractivity contribution in [2.75, 3.05) is 7.11 Å². The second-order valence-corrected chi connectivity index (χ2v) is 3.34. The summed E-state index contributed by atoms with van der Waals surface area (Å²) in [4.78, 5) is 21.4. The maximum atomic E-state index is 10.8. The van der Waals surface area contributed by atoms with E-state index in [4.69, 9.17) is 10.5 Å². The lowest BCUT2D eigenvalue weighted by Gasteiger charge is -2.06. The van der Waals surface area contributed by atoms with Crippen molar-refractivity contribution in [1.82, 2.24) is 0 Å². The number of carbonyl (C=O) groups is 2. The molecule has 0 aliphatic rings. The van der Waals surface area contributed by atoms with Crippen LogP contribution in [0.15, 0.2) is 18.2 Å². The van der Waals surface area contributed by atoms with Crippen molar-refractivity contribution >= 4 is 18.3 Å². The molecule has 0 saturated carbocycles. The number of hydrogen-bond acceptors (Lipinski definition) is 4. The van der Waals surface area contributed by atoms with E-state index in [0.29, 0.717) is 17.4 Å². The summed E-state index contributed by atoms with van der Waals surface area (Å²) in [6, 6.07) is 2.81. The summed E-state index contributed by atoms with van der Waals surface area (Å²) in [5.41, 5.74) is 5.84. The quantitative estimate of drug-likeness (QED) is 0.748. The Hall–Kier alpha value is -2.30. The Kier molecular flexibility index (Phi) is 4.28. The summed E-state index contributed by atoms with van der Waals surface area (Å²) in [6.45, 7) is 0. The van der Waals surface area contributed by atoms with E-state index in [9.17, 15) is 14.7 Å². The van der Waals surface area contributed by atoms with Crippen LogP contribution >= 0.6 is 0 Å². The molecule has 1 amide bonds. The minimum absolute atomic E-state index is 0.0848. The van der Waals surface area contributed by atoms with Gasteiger partial charge in [0.15, 0.2) is 17.8 Å². The lowest BCUT2D eigenvalue weighted by Crippen LogP contribution is -2.07. The molecule has 0 heterocycles. The third-order valence-corrected chi connectivity index (χ3v) is 2.13. The van der Waals surface area contributed by atoms with Crippen LogP contribution in [0, 0.1) is 0 Å². The molecule has 1 aromatic rings. The highest BCUT2D eigenvalue weighted by atomic mass is 16.5. The number of nitrogens with two attached hydrogens (primary N) is 1. The van der Waals surface area contributed by atoms with Crippen LogP contribution in [0.1, 0.15) is 22.3 Å². The molecule has 3 N–H and O–H groups in total. The van der Waals surface area contributed by atoms with Crippen LogP contribution in [0.5, 0.6) is 11.5 Å². The molecule has 5 nitrogen and oxygen atoms in total. The molecule has 0 unspecified atom stereocenters. The molecule has 17 heavy (non-hydrogen) atoms. The number of aldehydes is 1. The van der Waals surface area contributed by atoms with Gasteiger partial charge in [-0.1, -0.05) is 12.2 Å². The van der Waals surface area contributed by atoms with Gasteiger partial charge >= 0.3 is 0 Å². The van der Waals surface area contributed by atoms with Crippen molar-refractivity contribution < 1.29 is 19.4 Å². The monoisotopic (exact) mass is 235 g/mol. The Balaban J connectivity index is 3.08. The zero-order valence-electron chi connectivity index (χ0n) is 9.34. The predicted octanol–water partition coefficient (Wildman–Crippen LogP) is 1.10. The van der Waals surface area contributed by atoms with Gasteiger partial charge in [0.25, 0.3) is 0 Å². The number of aromatic hydroxyl groups is 1. The first-order chi connectivity index (χ1) is 8.08. The van der Waals surface area contributed by atoms with E-state index in [1.165, 1.54) is 19.2 Å². The minimum atomic E-state index is -0.459. The largest absolute Gasteiger partial charge is 0.504 e. The van der Waals surface area contributed by atoms with Crippen molar-refractivity contribution in [3.63, 3.8) is 0 Å². The number of ether oxygens (including phenoxy) is 1. The van der Waals surface area contributed by atoms with Crippen LogP contribution < -0.4 is 10.5 Å². The standard InChI is InChI=1S/C12H13NO4/c1-17-11-6-8(3-2-4-12(13)16)9(7-14)5-10(11)15/h2-3,5-7,15H,4H2,1H3,(H2,13,16). The van der Waals surface area contributed by atoms with Crippen molar-refractivity contribution in [2.45, 2.75) is 6.42 Å². The Morgan fingerprint density at radius 1 is 1.47 bits per heavy atom. The van der Waals surface area contributed by atoms with Crippen molar-refractivity contribution in [1.29, 1.82) is 0 Å². The summed E-state index contributed by atoms with van der Waals surface area (Å²) >= 11 is 0. The van der Waals surface area contributed by atoms with Crippen LogP contribution in [0.25, 0.3) is 6.08 Å². The zero-order valence-corrected chi connectivity index (χ0v) is 9.34. The fourth-order valence-corrected chi connectivity index (χ4v) is 1.31. The van der Waals surface area contributed by atoms with Gasteiger partial charge in [-0.15, -0.1) is 0 Å². The summed E-state index contributed by atoms with van der Waals surface area (Å²) in [7, 11) is 1.41. The highest BCUT2D eigenvalue weighted by molar-refractivity contribution is 5.84. The van der Waals surface area contributed by atoms with Gasteiger partial charge in [0.2, 0.25) is 5.91 Å². The number of carbonyl (C=O) groups excluding carboxylic acids is 2. The number of rotatable bonds is 5. The molecule has 0 aliphatic carbocycles. The van der Waals surface area contributed by atoms with Gasteiger partial charge in [0.05, 0.1) is 7.11 Å². The van der Waals surface area contributed by atoms with Gasteiger partial charge in [-0.25, -0.2) is 0 Å². The number of methoxy groups -OCH3 is 1. The van der Waals surface area contributed by atoms with E-state index < -0.39 is 5.91 Å². The Bertz CT molecular complexity index is 466. The van der Waals surface area contributed by atoms with Gasteiger partial charge in [0.1, 0.15) is 0 Å². The highest BCUT2D eigenvalue weighted by Crippen LogP contribution is 2.29.